The minimum Gasteiger partial charge on any atom is -0.480 e. The van der Waals surface area contributed by atoms with E-state index in [1.165, 1.54) is 18.2 Å². The molecule has 0 aliphatic rings. The minimum atomic E-state index is -1.16. The van der Waals surface area contributed by atoms with Crippen molar-refractivity contribution in [1.82, 2.24) is 5.43 Å². The van der Waals surface area contributed by atoms with E-state index in [2.05, 4.69) is 10.9 Å². The van der Waals surface area contributed by atoms with Crippen LogP contribution in [0.2, 0.25) is 0 Å². The van der Waals surface area contributed by atoms with Gasteiger partial charge in [-0.05, 0) is 18.6 Å². The quantitative estimate of drug-likeness (QED) is 0.553. The van der Waals surface area contributed by atoms with Crippen molar-refractivity contribution in [3.63, 3.8) is 0 Å². The van der Waals surface area contributed by atoms with Crippen molar-refractivity contribution in [2.24, 2.45) is 5.73 Å². The Morgan fingerprint density at radius 3 is 2.67 bits per heavy atom. The second kappa shape index (κ2) is 6.55. The van der Waals surface area contributed by atoms with Crippen LogP contribution in [0.25, 0.3) is 0 Å². The summed E-state index contributed by atoms with van der Waals surface area (Å²) in [5.41, 5.74) is 10.0. The number of anilines is 1. The Morgan fingerprint density at radius 2 is 2.06 bits per heavy atom. The first-order valence-electron chi connectivity index (χ1n) is 5.28. The topological polar surface area (TPSA) is 104 Å². The van der Waals surface area contributed by atoms with E-state index in [9.17, 15) is 14.0 Å². The van der Waals surface area contributed by atoms with Crippen LogP contribution in [0, 0.1) is 5.82 Å². The summed E-state index contributed by atoms with van der Waals surface area (Å²) in [6, 6.07) is 4.75. The second-order valence-corrected chi connectivity index (χ2v) is 3.64. The maximum absolute atomic E-state index is 13.1. The third-order valence-corrected chi connectivity index (χ3v) is 2.21. The monoisotopic (exact) mass is 255 g/mol. The van der Waals surface area contributed by atoms with E-state index < -0.39 is 23.7 Å². The van der Waals surface area contributed by atoms with Crippen molar-refractivity contribution in [2.45, 2.75) is 18.9 Å². The Balaban J connectivity index is 2.34. The summed E-state index contributed by atoms with van der Waals surface area (Å²) >= 11 is 0. The number of carboxylic acid groups (broad SMARTS) is 1. The van der Waals surface area contributed by atoms with Crippen LogP contribution in [0.1, 0.15) is 12.8 Å². The Hall–Kier alpha value is -2.15. The molecular weight excluding hydrogens is 241 g/mol. The van der Waals surface area contributed by atoms with E-state index in [4.69, 9.17) is 10.8 Å². The fraction of sp³-hybridized carbons (Fsp3) is 0.273. The van der Waals surface area contributed by atoms with Gasteiger partial charge in [-0.2, -0.15) is 0 Å². The summed E-state index contributed by atoms with van der Waals surface area (Å²) in [5.74, 6) is -2.13. The Labute approximate surface area is 103 Å². The van der Waals surface area contributed by atoms with Gasteiger partial charge in [-0.1, -0.05) is 12.1 Å². The third-order valence-electron chi connectivity index (χ3n) is 2.21. The fourth-order valence-corrected chi connectivity index (χ4v) is 1.17. The number of hydrazine groups is 1. The number of nitrogens with two attached hydrogens (primary N) is 1. The van der Waals surface area contributed by atoms with Crippen molar-refractivity contribution in [2.75, 3.05) is 5.43 Å². The first kappa shape index (κ1) is 13.9. The van der Waals surface area contributed by atoms with Gasteiger partial charge >= 0.3 is 5.97 Å². The number of benzene rings is 1. The van der Waals surface area contributed by atoms with Gasteiger partial charge in [0.25, 0.3) is 0 Å². The number of carbonyl (C=O) groups excluding carboxylic acids is 1. The second-order valence-electron chi connectivity index (χ2n) is 3.64. The van der Waals surface area contributed by atoms with Crippen LogP contribution in [0.3, 0.4) is 0 Å². The van der Waals surface area contributed by atoms with E-state index in [0.717, 1.165) is 0 Å². The number of para-hydroxylation sites is 1. The van der Waals surface area contributed by atoms with E-state index in [0.29, 0.717) is 0 Å². The number of hydrogen-bond donors (Lipinski definition) is 4. The highest BCUT2D eigenvalue weighted by Crippen LogP contribution is 2.10. The molecule has 1 amide bonds. The van der Waals surface area contributed by atoms with E-state index >= 15 is 0 Å². The first-order chi connectivity index (χ1) is 8.50. The Morgan fingerprint density at radius 1 is 1.39 bits per heavy atom. The molecule has 5 N–H and O–H groups in total. The smallest absolute Gasteiger partial charge is 0.320 e. The molecule has 0 unspecified atom stereocenters. The summed E-state index contributed by atoms with van der Waals surface area (Å²) in [5, 5.41) is 8.52. The number of nitrogens with one attached hydrogen (secondary N) is 2. The number of halogens is 1. The molecule has 18 heavy (non-hydrogen) atoms. The number of aliphatic carboxylic acids is 1. The molecule has 0 fully saturated rings. The molecule has 0 saturated heterocycles. The molecule has 1 rings (SSSR count). The van der Waals surface area contributed by atoms with Crippen LogP contribution in [-0.2, 0) is 9.59 Å². The molecule has 0 radical (unpaired) electrons. The lowest BCUT2D eigenvalue weighted by Gasteiger charge is -2.10. The molecular formula is C11H14FN3O3. The molecule has 0 heterocycles. The van der Waals surface area contributed by atoms with Crippen LogP contribution in [-0.4, -0.2) is 23.0 Å². The molecule has 1 aromatic carbocycles. The standard InChI is InChI=1S/C11H14FN3O3/c12-7-3-1-2-4-9(7)14-15-10(16)6-5-8(13)11(17)18/h1-4,8,14H,5-6,13H2,(H,15,16)(H,17,18)/t8-/m0/s1. The van der Waals surface area contributed by atoms with Gasteiger partial charge in [0.2, 0.25) is 5.91 Å². The molecule has 0 aliphatic heterocycles. The zero-order valence-corrected chi connectivity index (χ0v) is 9.52. The molecule has 0 spiro atoms. The molecule has 1 atom stereocenters. The van der Waals surface area contributed by atoms with Crippen LogP contribution in [0.5, 0.6) is 0 Å². The number of amides is 1. The van der Waals surface area contributed by atoms with Crippen LogP contribution < -0.4 is 16.6 Å². The first-order valence-corrected chi connectivity index (χ1v) is 5.28. The van der Waals surface area contributed by atoms with Gasteiger partial charge in [0.15, 0.2) is 0 Å². The van der Waals surface area contributed by atoms with Gasteiger partial charge in [-0.15, -0.1) is 0 Å². The molecule has 98 valence electrons. The summed E-state index contributed by atoms with van der Waals surface area (Å²) in [7, 11) is 0. The Kier molecular flexibility index (Phi) is 5.06. The SMILES string of the molecule is N[C@@H](CCC(=O)NNc1ccccc1F)C(=O)O. The predicted octanol–water partition coefficient (Wildman–Crippen LogP) is 0.461. The van der Waals surface area contributed by atoms with Gasteiger partial charge in [0.05, 0.1) is 5.69 Å². The molecule has 0 aromatic heterocycles. The molecule has 1 aromatic rings. The van der Waals surface area contributed by atoms with Crippen LogP contribution >= 0.6 is 0 Å². The van der Waals surface area contributed by atoms with E-state index in [1.807, 2.05) is 0 Å². The number of hydrogen-bond acceptors (Lipinski definition) is 4. The highest BCUT2D eigenvalue weighted by molar-refractivity contribution is 5.79. The van der Waals surface area contributed by atoms with Crippen molar-refractivity contribution >= 4 is 17.6 Å². The number of carbonyl (C=O) groups is 2. The van der Waals surface area contributed by atoms with Gasteiger partial charge in [-0.3, -0.25) is 20.4 Å². The number of rotatable bonds is 6. The van der Waals surface area contributed by atoms with Crippen molar-refractivity contribution in [1.29, 1.82) is 0 Å². The Bertz CT molecular complexity index is 439. The largest absolute Gasteiger partial charge is 0.480 e. The normalized spacial score (nSPS) is 11.7. The lowest BCUT2D eigenvalue weighted by molar-refractivity contribution is -0.138. The van der Waals surface area contributed by atoms with Crippen molar-refractivity contribution in [3.8, 4) is 0 Å². The van der Waals surface area contributed by atoms with Crippen LogP contribution in [0.4, 0.5) is 10.1 Å². The molecule has 7 heteroatoms. The van der Waals surface area contributed by atoms with Gasteiger partial charge in [0, 0.05) is 6.42 Å². The maximum atomic E-state index is 13.1. The fourth-order valence-electron chi connectivity index (χ4n) is 1.17. The summed E-state index contributed by atoms with van der Waals surface area (Å²) < 4.78 is 13.1. The van der Waals surface area contributed by atoms with Gasteiger partial charge < -0.3 is 10.8 Å². The van der Waals surface area contributed by atoms with Crippen molar-refractivity contribution < 1.29 is 19.1 Å². The third kappa shape index (κ3) is 4.38. The predicted molar refractivity (Wildman–Crippen MR) is 63.0 cm³/mol. The molecule has 0 bridgehead atoms. The average molecular weight is 255 g/mol. The number of carboxylic acids is 1. The summed E-state index contributed by atoms with van der Waals surface area (Å²) in [6.07, 6.45) is -0.0466. The van der Waals surface area contributed by atoms with E-state index in [1.54, 1.807) is 6.07 Å². The lowest BCUT2D eigenvalue weighted by Crippen LogP contribution is -2.34. The highest BCUT2D eigenvalue weighted by Gasteiger charge is 2.13. The van der Waals surface area contributed by atoms with Gasteiger partial charge in [-0.25, -0.2) is 4.39 Å². The van der Waals surface area contributed by atoms with Crippen LogP contribution in [0.15, 0.2) is 24.3 Å². The molecule has 6 nitrogen and oxygen atoms in total. The maximum Gasteiger partial charge on any atom is 0.320 e. The highest BCUT2D eigenvalue weighted by atomic mass is 19.1. The average Bonchev–Trinajstić information content (AvgIpc) is 2.34. The molecule has 0 aliphatic carbocycles. The minimum absolute atomic E-state index is 0.0140. The van der Waals surface area contributed by atoms with Crippen molar-refractivity contribution in [3.05, 3.63) is 30.1 Å². The lowest BCUT2D eigenvalue weighted by atomic mass is 10.2. The zero-order valence-electron chi connectivity index (χ0n) is 9.52. The van der Waals surface area contributed by atoms with Gasteiger partial charge in [0.1, 0.15) is 11.9 Å². The summed E-state index contributed by atoms with van der Waals surface area (Å²) in [4.78, 5) is 21.7. The molecule has 0 saturated carbocycles. The zero-order chi connectivity index (χ0) is 13.5. The van der Waals surface area contributed by atoms with E-state index in [-0.39, 0.29) is 18.5 Å². The summed E-state index contributed by atoms with van der Waals surface area (Å²) in [6.45, 7) is 0.